The molecule has 8 heteroatoms. The molecule has 2 aromatic rings. The highest BCUT2D eigenvalue weighted by Gasteiger charge is 2.09. The first-order valence-electron chi connectivity index (χ1n) is 6.10. The van der Waals surface area contributed by atoms with E-state index in [4.69, 9.17) is 5.73 Å². The van der Waals surface area contributed by atoms with Crippen LogP contribution in [0.5, 0.6) is 0 Å². The maximum Gasteiger partial charge on any atom is 0.226 e. The van der Waals surface area contributed by atoms with Crippen LogP contribution in [-0.2, 0) is 17.8 Å². The van der Waals surface area contributed by atoms with Crippen molar-refractivity contribution in [3.05, 3.63) is 42.5 Å². The molecule has 0 bridgehead atoms. The van der Waals surface area contributed by atoms with Gasteiger partial charge < -0.3 is 11.1 Å². The molecule has 116 valence electrons. The van der Waals surface area contributed by atoms with Crippen molar-refractivity contribution in [2.75, 3.05) is 5.73 Å². The number of nitrogens with two attached hydrogens (primary N) is 1. The third-order valence-corrected chi connectivity index (χ3v) is 2.62. The number of carbonyl (C=O) groups is 1. The number of carbonyl (C=O) groups excluding carboxylic acids is 1. The van der Waals surface area contributed by atoms with E-state index >= 15 is 0 Å². The highest BCUT2D eigenvalue weighted by molar-refractivity contribution is 5.85. The smallest absolute Gasteiger partial charge is 0.226 e. The van der Waals surface area contributed by atoms with Crippen LogP contribution in [0.2, 0.25) is 0 Å². The number of nitrogens with one attached hydrogen (secondary N) is 1. The standard InChI is InChI=1S/C13H17N5O.2ClH/c1-10(9-18-6-2-5-16-18)17-13(19)7-12-4-3-11(14)8-15-12;;/h2-6,8,10H,7,9,14H2,1H3,(H,17,19);2*1H. The third kappa shape index (κ3) is 6.46. The quantitative estimate of drug-likeness (QED) is 0.868. The van der Waals surface area contributed by atoms with Crippen molar-refractivity contribution in [2.45, 2.75) is 25.9 Å². The van der Waals surface area contributed by atoms with Gasteiger partial charge in [-0.3, -0.25) is 14.5 Å². The summed E-state index contributed by atoms with van der Waals surface area (Å²) in [5, 5.41) is 7.01. The molecule has 0 aliphatic heterocycles. The lowest BCUT2D eigenvalue weighted by atomic mass is 10.2. The second-order valence-corrected chi connectivity index (χ2v) is 4.46. The molecule has 0 saturated carbocycles. The molecule has 21 heavy (non-hydrogen) atoms. The number of rotatable bonds is 5. The predicted molar refractivity (Wildman–Crippen MR) is 86.7 cm³/mol. The van der Waals surface area contributed by atoms with Crippen LogP contribution in [0.4, 0.5) is 5.69 Å². The van der Waals surface area contributed by atoms with Gasteiger partial charge in [-0.1, -0.05) is 0 Å². The van der Waals surface area contributed by atoms with Gasteiger partial charge in [0.05, 0.1) is 24.8 Å². The summed E-state index contributed by atoms with van der Waals surface area (Å²) in [6, 6.07) is 5.36. The molecule has 1 unspecified atom stereocenters. The summed E-state index contributed by atoms with van der Waals surface area (Å²) in [7, 11) is 0. The third-order valence-electron chi connectivity index (χ3n) is 2.62. The highest BCUT2D eigenvalue weighted by Crippen LogP contribution is 2.02. The summed E-state index contributed by atoms with van der Waals surface area (Å²) in [5.74, 6) is -0.0584. The molecule has 0 aromatic carbocycles. The second kappa shape index (κ2) is 9.20. The molecule has 2 heterocycles. The van der Waals surface area contributed by atoms with Crippen molar-refractivity contribution in [2.24, 2.45) is 0 Å². The van der Waals surface area contributed by atoms with Gasteiger partial charge in [-0.25, -0.2) is 0 Å². The normalized spacial score (nSPS) is 10.9. The Hall–Kier alpha value is -1.79. The van der Waals surface area contributed by atoms with Crippen LogP contribution in [0.15, 0.2) is 36.8 Å². The molecule has 2 rings (SSSR count). The lowest BCUT2D eigenvalue weighted by molar-refractivity contribution is -0.121. The van der Waals surface area contributed by atoms with Gasteiger partial charge in [-0.15, -0.1) is 24.8 Å². The van der Waals surface area contributed by atoms with Crippen LogP contribution < -0.4 is 11.1 Å². The molecule has 0 aliphatic carbocycles. The van der Waals surface area contributed by atoms with Crippen molar-refractivity contribution in [1.82, 2.24) is 20.1 Å². The van der Waals surface area contributed by atoms with Crippen LogP contribution >= 0.6 is 24.8 Å². The lowest BCUT2D eigenvalue weighted by Crippen LogP contribution is -2.36. The van der Waals surface area contributed by atoms with Crippen LogP contribution in [0, 0.1) is 0 Å². The van der Waals surface area contributed by atoms with Gasteiger partial charge in [0.15, 0.2) is 0 Å². The van der Waals surface area contributed by atoms with Crippen molar-refractivity contribution in [3.63, 3.8) is 0 Å². The monoisotopic (exact) mass is 331 g/mol. The van der Waals surface area contributed by atoms with E-state index in [9.17, 15) is 4.79 Å². The molecular formula is C13H19Cl2N5O. The summed E-state index contributed by atoms with van der Waals surface area (Å²) in [5.41, 5.74) is 6.84. The first kappa shape index (κ1) is 19.2. The first-order valence-corrected chi connectivity index (χ1v) is 6.10. The molecule has 0 radical (unpaired) electrons. The van der Waals surface area contributed by atoms with Crippen LogP contribution in [-0.4, -0.2) is 26.7 Å². The zero-order chi connectivity index (χ0) is 13.7. The Bertz CT molecular complexity index is 530. The molecule has 1 atom stereocenters. The fraction of sp³-hybridized carbons (Fsp3) is 0.308. The van der Waals surface area contributed by atoms with Crippen molar-refractivity contribution >= 4 is 36.4 Å². The molecule has 0 spiro atoms. The van der Waals surface area contributed by atoms with E-state index in [0.717, 1.165) is 0 Å². The fourth-order valence-corrected chi connectivity index (χ4v) is 1.77. The summed E-state index contributed by atoms with van der Waals surface area (Å²) in [6.45, 7) is 2.59. The number of nitrogen functional groups attached to an aromatic ring is 1. The largest absolute Gasteiger partial charge is 0.397 e. The Morgan fingerprint density at radius 3 is 2.76 bits per heavy atom. The Labute approximate surface area is 135 Å². The van der Waals surface area contributed by atoms with Gasteiger partial charge in [-0.05, 0) is 25.1 Å². The summed E-state index contributed by atoms with van der Waals surface area (Å²) >= 11 is 0. The van der Waals surface area contributed by atoms with Crippen LogP contribution in [0.1, 0.15) is 12.6 Å². The van der Waals surface area contributed by atoms with E-state index < -0.39 is 0 Å². The SMILES string of the molecule is CC(Cn1cccn1)NC(=O)Cc1ccc(N)cn1.Cl.Cl. The number of pyridine rings is 1. The number of aromatic nitrogens is 3. The van der Waals surface area contributed by atoms with Crippen molar-refractivity contribution < 1.29 is 4.79 Å². The maximum atomic E-state index is 11.8. The molecule has 6 nitrogen and oxygen atoms in total. The number of nitrogens with zero attached hydrogens (tertiary/aromatic N) is 3. The van der Waals surface area contributed by atoms with Crippen LogP contribution in [0.25, 0.3) is 0 Å². The van der Waals surface area contributed by atoms with Gasteiger partial charge in [-0.2, -0.15) is 5.10 Å². The molecule has 2 aromatic heterocycles. The molecule has 1 amide bonds. The average Bonchev–Trinajstić information content (AvgIpc) is 2.84. The van der Waals surface area contributed by atoms with Crippen molar-refractivity contribution in [3.8, 4) is 0 Å². The van der Waals surface area contributed by atoms with Crippen molar-refractivity contribution in [1.29, 1.82) is 0 Å². The van der Waals surface area contributed by atoms with E-state index in [0.29, 0.717) is 17.9 Å². The number of halogens is 2. The maximum absolute atomic E-state index is 11.8. The molecule has 0 saturated heterocycles. The minimum Gasteiger partial charge on any atom is -0.397 e. The Morgan fingerprint density at radius 1 is 1.43 bits per heavy atom. The van der Waals surface area contributed by atoms with E-state index in [1.807, 2.05) is 19.2 Å². The minimum atomic E-state index is -0.0584. The zero-order valence-corrected chi connectivity index (χ0v) is 13.2. The van der Waals surface area contributed by atoms with Gasteiger partial charge in [0.2, 0.25) is 5.91 Å². The Balaban J connectivity index is 0.00000200. The fourth-order valence-electron chi connectivity index (χ4n) is 1.77. The summed E-state index contributed by atoms with van der Waals surface area (Å²) < 4.78 is 1.78. The summed E-state index contributed by atoms with van der Waals surface area (Å²) in [4.78, 5) is 15.9. The molecule has 0 fully saturated rings. The minimum absolute atomic E-state index is 0. The highest BCUT2D eigenvalue weighted by atomic mass is 35.5. The topological polar surface area (TPSA) is 85.8 Å². The molecule has 0 aliphatic rings. The van der Waals surface area contributed by atoms with Crippen LogP contribution in [0.3, 0.4) is 0 Å². The molecular weight excluding hydrogens is 313 g/mol. The van der Waals surface area contributed by atoms with E-state index in [1.165, 1.54) is 0 Å². The van der Waals surface area contributed by atoms with Gasteiger partial charge in [0, 0.05) is 24.1 Å². The number of amides is 1. The zero-order valence-electron chi connectivity index (χ0n) is 11.6. The average molecular weight is 332 g/mol. The first-order chi connectivity index (χ1) is 9.13. The predicted octanol–water partition coefficient (Wildman–Crippen LogP) is 1.45. The number of hydrogen-bond donors (Lipinski definition) is 2. The van der Waals surface area contributed by atoms with E-state index in [-0.39, 0.29) is 43.2 Å². The number of hydrogen-bond acceptors (Lipinski definition) is 4. The van der Waals surface area contributed by atoms with Gasteiger partial charge in [0.1, 0.15) is 0 Å². The molecule has 3 N–H and O–H groups in total. The van der Waals surface area contributed by atoms with Gasteiger partial charge >= 0.3 is 0 Å². The van der Waals surface area contributed by atoms with E-state index in [2.05, 4.69) is 15.4 Å². The Kier molecular flexibility index (Phi) is 8.42. The Morgan fingerprint density at radius 2 is 2.19 bits per heavy atom. The second-order valence-electron chi connectivity index (χ2n) is 4.46. The van der Waals surface area contributed by atoms with Gasteiger partial charge in [0.25, 0.3) is 0 Å². The van der Waals surface area contributed by atoms with E-state index in [1.54, 1.807) is 29.2 Å². The summed E-state index contributed by atoms with van der Waals surface area (Å²) in [6.07, 6.45) is 5.39. The number of anilines is 1. The lowest BCUT2D eigenvalue weighted by Gasteiger charge is -2.13.